The predicted octanol–water partition coefficient (Wildman–Crippen LogP) is 2.64. The second-order valence-corrected chi connectivity index (χ2v) is 6.14. The van der Waals surface area contributed by atoms with Crippen LogP contribution < -0.4 is 10.6 Å². The van der Waals surface area contributed by atoms with E-state index in [0.29, 0.717) is 12.1 Å². The highest BCUT2D eigenvalue weighted by Crippen LogP contribution is 2.21. The summed E-state index contributed by atoms with van der Waals surface area (Å²) < 4.78 is 0. The van der Waals surface area contributed by atoms with Crippen LogP contribution in [-0.2, 0) is 4.79 Å². The lowest BCUT2D eigenvalue weighted by Gasteiger charge is -2.22. The molecule has 0 aromatic heterocycles. The van der Waals surface area contributed by atoms with Gasteiger partial charge in [0.25, 0.3) is 0 Å². The van der Waals surface area contributed by atoms with Gasteiger partial charge in [0.15, 0.2) is 0 Å². The van der Waals surface area contributed by atoms with E-state index in [-0.39, 0.29) is 16.7 Å². The molecule has 0 aromatic carbocycles. The van der Waals surface area contributed by atoms with Crippen LogP contribution in [0, 0.1) is 11.8 Å². The van der Waals surface area contributed by atoms with Gasteiger partial charge >= 0.3 is 12.0 Å². The van der Waals surface area contributed by atoms with Crippen molar-refractivity contribution >= 4 is 27.9 Å². The summed E-state index contributed by atoms with van der Waals surface area (Å²) in [5.41, 5.74) is 0.680. The molecule has 0 saturated carbocycles. The average Bonchev–Trinajstić information content (AvgIpc) is 2.39. The molecule has 4 atom stereocenters. The molecule has 1 aliphatic carbocycles. The minimum atomic E-state index is -1.02. The highest BCUT2D eigenvalue weighted by molar-refractivity contribution is 9.09. The lowest BCUT2D eigenvalue weighted by molar-refractivity contribution is -0.140. The minimum absolute atomic E-state index is 0.125. The number of halogens is 1. The molecule has 2 amide bonds. The summed E-state index contributed by atoms with van der Waals surface area (Å²) in [6.07, 6.45) is 6.36. The van der Waals surface area contributed by atoms with Crippen molar-refractivity contribution in [1.29, 1.82) is 0 Å². The first-order valence-corrected chi connectivity index (χ1v) is 7.61. The third-order valence-electron chi connectivity index (χ3n) is 3.43. The Morgan fingerprint density at radius 3 is 2.65 bits per heavy atom. The second-order valence-electron chi connectivity index (χ2n) is 5.08. The molecule has 0 heterocycles. The molecule has 2 unspecified atom stereocenters. The lowest BCUT2D eigenvalue weighted by Crippen LogP contribution is -2.48. The first kappa shape index (κ1) is 16.8. The van der Waals surface area contributed by atoms with E-state index in [2.05, 4.69) is 26.6 Å². The van der Waals surface area contributed by atoms with Gasteiger partial charge in [0, 0.05) is 10.5 Å². The number of hydrogen-bond donors (Lipinski definition) is 3. The molecule has 1 aliphatic rings. The van der Waals surface area contributed by atoms with Gasteiger partial charge in [-0.15, -0.1) is 0 Å². The van der Waals surface area contributed by atoms with Crippen LogP contribution in [0.2, 0.25) is 0 Å². The average molecular weight is 345 g/mol. The van der Waals surface area contributed by atoms with Crippen LogP contribution in [0.15, 0.2) is 23.9 Å². The smallest absolute Gasteiger partial charge is 0.326 e. The Morgan fingerprint density at radius 1 is 1.50 bits per heavy atom. The largest absolute Gasteiger partial charge is 0.480 e. The van der Waals surface area contributed by atoms with E-state index >= 15 is 0 Å². The summed E-state index contributed by atoms with van der Waals surface area (Å²) in [6, 6.07) is -1.37. The number of allylic oxidation sites excluding steroid dienone is 3. The molecule has 112 valence electrons. The van der Waals surface area contributed by atoms with Gasteiger partial charge in [-0.3, -0.25) is 0 Å². The number of alkyl halides is 1. The Hall–Kier alpha value is -1.30. The van der Waals surface area contributed by atoms with Gasteiger partial charge in [-0.05, 0) is 17.9 Å². The van der Waals surface area contributed by atoms with Crippen molar-refractivity contribution in [1.82, 2.24) is 10.6 Å². The van der Waals surface area contributed by atoms with E-state index < -0.39 is 18.0 Å². The fraction of sp³-hybridized carbons (Fsp3) is 0.571. The van der Waals surface area contributed by atoms with Crippen molar-refractivity contribution in [2.75, 3.05) is 0 Å². The third-order valence-corrected chi connectivity index (χ3v) is 4.57. The molecule has 20 heavy (non-hydrogen) atoms. The topological polar surface area (TPSA) is 78.4 Å². The Kier molecular flexibility index (Phi) is 6.26. The third kappa shape index (κ3) is 4.67. The SMILES string of the molecule is CC[C@H](C)[C@H](NC(=O)NC1=CC(C)C(Br)C=C1)C(=O)O. The van der Waals surface area contributed by atoms with Crippen LogP contribution in [0.5, 0.6) is 0 Å². The number of carboxylic acid groups (broad SMARTS) is 1. The van der Waals surface area contributed by atoms with E-state index in [1.54, 1.807) is 13.0 Å². The first-order chi connectivity index (χ1) is 9.35. The number of carboxylic acids is 1. The highest BCUT2D eigenvalue weighted by Gasteiger charge is 2.25. The highest BCUT2D eigenvalue weighted by atomic mass is 79.9. The maximum Gasteiger partial charge on any atom is 0.326 e. The molecular formula is C14H21BrN2O3. The molecule has 0 spiro atoms. The Morgan fingerprint density at radius 2 is 2.15 bits per heavy atom. The van der Waals surface area contributed by atoms with E-state index in [0.717, 1.165) is 0 Å². The van der Waals surface area contributed by atoms with Crippen molar-refractivity contribution in [3.05, 3.63) is 23.9 Å². The fourth-order valence-corrected chi connectivity index (χ4v) is 2.18. The van der Waals surface area contributed by atoms with Crippen LogP contribution in [0.3, 0.4) is 0 Å². The van der Waals surface area contributed by atoms with Gasteiger partial charge in [0.05, 0.1) is 0 Å². The van der Waals surface area contributed by atoms with E-state index in [1.807, 2.05) is 26.0 Å². The number of nitrogens with one attached hydrogen (secondary N) is 2. The summed E-state index contributed by atoms with van der Waals surface area (Å²) in [7, 11) is 0. The van der Waals surface area contributed by atoms with Crippen molar-refractivity contribution in [3.63, 3.8) is 0 Å². The molecule has 0 fully saturated rings. The van der Waals surface area contributed by atoms with E-state index in [4.69, 9.17) is 5.11 Å². The number of carbonyl (C=O) groups is 2. The minimum Gasteiger partial charge on any atom is -0.480 e. The zero-order valence-electron chi connectivity index (χ0n) is 11.9. The van der Waals surface area contributed by atoms with Gasteiger partial charge < -0.3 is 15.7 Å². The van der Waals surface area contributed by atoms with Gasteiger partial charge in [-0.25, -0.2) is 9.59 Å². The zero-order valence-corrected chi connectivity index (χ0v) is 13.5. The van der Waals surface area contributed by atoms with Crippen LogP contribution in [0.1, 0.15) is 27.2 Å². The molecule has 3 N–H and O–H groups in total. The summed E-state index contributed by atoms with van der Waals surface area (Å²) in [6.45, 7) is 5.72. The molecule has 0 aromatic rings. The number of urea groups is 1. The Labute approximate surface area is 127 Å². The van der Waals surface area contributed by atoms with E-state index in [1.165, 1.54) is 0 Å². The molecule has 5 nitrogen and oxygen atoms in total. The van der Waals surface area contributed by atoms with Gasteiger partial charge in [0.2, 0.25) is 0 Å². The van der Waals surface area contributed by atoms with Crippen molar-refractivity contribution in [2.45, 2.75) is 38.1 Å². The maximum atomic E-state index is 11.9. The van der Waals surface area contributed by atoms with Crippen LogP contribution >= 0.6 is 15.9 Å². The predicted molar refractivity (Wildman–Crippen MR) is 81.6 cm³/mol. The van der Waals surface area contributed by atoms with Gasteiger partial charge in [-0.2, -0.15) is 0 Å². The van der Waals surface area contributed by atoms with Crippen molar-refractivity contribution in [3.8, 4) is 0 Å². The standard InChI is InChI=1S/C14H21BrN2O3/c1-4-8(2)12(13(18)19)17-14(20)16-10-5-6-11(15)9(3)7-10/h5-9,11-12H,4H2,1-3H3,(H,18,19)(H2,16,17,20)/t8-,9?,11?,12-/m0/s1. The van der Waals surface area contributed by atoms with Crippen LogP contribution in [0.4, 0.5) is 4.79 Å². The molecule has 0 saturated heterocycles. The molecule has 1 rings (SSSR count). The summed E-state index contributed by atoms with van der Waals surface area (Å²) in [5, 5.41) is 14.3. The molecular weight excluding hydrogens is 324 g/mol. The Bertz CT molecular complexity index is 434. The number of amides is 2. The number of aliphatic carboxylic acids is 1. The van der Waals surface area contributed by atoms with E-state index in [9.17, 15) is 9.59 Å². The molecule has 0 radical (unpaired) electrons. The fourth-order valence-electron chi connectivity index (χ4n) is 1.88. The normalized spacial score (nSPS) is 24.5. The summed E-state index contributed by atoms with van der Waals surface area (Å²) in [5.74, 6) is -0.878. The van der Waals surface area contributed by atoms with Gasteiger partial charge in [-0.1, -0.05) is 55.3 Å². The molecule has 6 heteroatoms. The number of hydrogen-bond acceptors (Lipinski definition) is 2. The maximum absolute atomic E-state index is 11.9. The summed E-state index contributed by atoms with van der Waals surface area (Å²) >= 11 is 3.50. The van der Waals surface area contributed by atoms with Crippen molar-refractivity contribution in [2.24, 2.45) is 11.8 Å². The number of carbonyl (C=O) groups excluding carboxylic acids is 1. The second kappa shape index (κ2) is 7.47. The molecule has 0 aliphatic heterocycles. The first-order valence-electron chi connectivity index (χ1n) is 6.69. The summed E-state index contributed by atoms with van der Waals surface area (Å²) in [4.78, 5) is 23.3. The van der Waals surface area contributed by atoms with Gasteiger partial charge in [0.1, 0.15) is 6.04 Å². The quantitative estimate of drug-likeness (QED) is 0.671. The van der Waals surface area contributed by atoms with Crippen molar-refractivity contribution < 1.29 is 14.7 Å². The number of rotatable bonds is 5. The lowest BCUT2D eigenvalue weighted by atomic mass is 9.99. The van der Waals surface area contributed by atoms with Crippen LogP contribution in [-0.4, -0.2) is 28.0 Å². The molecule has 0 bridgehead atoms. The monoisotopic (exact) mass is 344 g/mol. The van der Waals surface area contributed by atoms with Crippen LogP contribution in [0.25, 0.3) is 0 Å². The Balaban J connectivity index is 2.61. The zero-order chi connectivity index (χ0) is 15.3.